The van der Waals surface area contributed by atoms with E-state index in [4.69, 9.17) is 9.94 Å². The number of fused-ring (bicyclic) bond motifs is 1. The minimum atomic E-state index is -0.688. The normalized spacial score (nSPS) is 16.2. The average Bonchev–Trinajstić information content (AvgIpc) is 2.65. The van der Waals surface area contributed by atoms with Gasteiger partial charge in [0.25, 0.3) is 5.91 Å². The molecule has 2 aromatic carbocycles. The van der Waals surface area contributed by atoms with Crippen molar-refractivity contribution in [1.82, 2.24) is 5.48 Å². The second-order valence-corrected chi connectivity index (χ2v) is 7.01. The number of nitrogens with one attached hydrogen (secondary N) is 1. The quantitative estimate of drug-likeness (QED) is 0.547. The van der Waals surface area contributed by atoms with Crippen LogP contribution < -0.4 is 15.1 Å². The van der Waals surface area contributed by atoms with Crippen LogP contribution in [0.5, 0.6) is 11.5 Å². The highest BCUT2D eigenvalue weighted by Gasteiger charge is 2.34. The summed E-state index contributed by atoms with van der Waals surface area (Å²) in [6, 6.07) is 12.0. The number of amides is 2. The van der Waals surface area contributed by atoms with Gasteiger partial charge < -0.3 is 14.7 Å². The molecule has 1 heterocycles. The van der Waals surface area contributed by atoms with E-state index in [1.807, 2.05) is 24.3 Å². The molecule has 136 valence electrons. The highest BCUT2D eigenvalue weighted by molar-refractivity contribution is 8.01. The van der Waals surface area contributed by atoms with Crippen molar-refractivity contribution in [2.75, 3.05) is 18.6 Å². The summed E-state index contributed by atoms with van der Waals surface area (Å²) in [6.45, 7) is -0.299. The molecule has 2 aromatic rings. The van der Waals surface area contributed by atoms with Crippen molar-refractivity contribution in [3.05, 3.63) is 48.0 Å². The molecule has 0 saturated heterocycles. The van der Waals surface area contributed by atoms with Gasteiger partial charge in [0.15, 0.2) is 0 Å². The Bertz CT molecular complexity index is 825. The Balaban J connectivity index is 1.89. The van der Waals surface area contributed by atoms with Crippen LogP contribution in [0.4, 0.5) is 5.69 Å². The second kappa shape index (κ2) is 7.67. The van der Waals surface area contributed by atoms with Crippen LogP contribution in [0.1, 0.15) is 5.56 Å². The molecule has 7 nitrogen and oxygen atoms in total. The lowest BCUT2D eigenvalue weighted by molar-refractivity contribution is -0.129. The van der Waals surface area contributed by atoms with E-state index >= 15 is 0 Å². The summed E-state index contributed by atoms with van der Waals surface area (Å²) in [7, 11) is 1.59. The number of benzene rings is 2. The van der Waals surface area contributed by atoms with Crippen LogP contribution in [0.15, 0.2) is 47.4 Å². The van der Waals surface area contributed by atoms with Gasteiger partial charge in [-0.15, -0.1) is 11.8 Å². The Hall–Kier alpha value is -2.71. The van der Waals surface area contributed by atoms with Gasteiger partial charge in [-0.3, -0.25) is 14.8 Å². The first-order valence-corrected chi connectivity index (χ1v) is 8.76. The first-order valence-electron chi connectivity index (χ1n) is 7.88. The molecule has 26 heavy (non-hydrogen) atoms. The highest BCUT2D eigenvalue weighted by Crippen LogP contribution is 2.42. The molecule has 0 saturated carbocycles. The number of hydrogen-bond acceptors (Lipinski definition) is 6. The fraction of sp³-hybridized carbons (Fsp3) is 0.222. The number of anilines is 1. The van der Waals surface area contributed by atoms with Crippen molar-refractivity contribution < 1.29 is 24.6 Å². The molecular formula is C18H18N2O5S. The fourth-order valence-corrected chi connectivity index (χ4v) is 4.06. The van der Waals surface area contributed by atoms with Crippen LogP contribution in [0, 0.1) is 0 Å². The summed E-state index contributed by atoms with van der Waals surface area (Å²) in [5.74, 6) is -0.103. The monoisotopic (exact) mass is 374 g/mol. The maximum absolute atomic E-state index is 12.9. The first kappa shape index (κ1) is 18.1. The molecule has 1 atom stereocenters. The summed E-state index contributed by atoms with van der Waals surface area (Å²) < 4.78 is 5.14. The number of rotatable bonds is 5. The SMILES string of the molecule is COc1ccc(CC2Sc3cc(O)ccc3N(CC(=O)NO)C2=O)cc1. The van der Waals surface area contributed by atoms with Gasteiger partial charge in [0, 0.05) is 4.90 Å². The Morgan fingerprint density at radius 2 is 2.00 bits per heavy atom. The average molecular weight is 374 g/mol. The van der Waals surface area contributed by atoms with Crippen molar-refractivity contribution >= 4 is 29.3 Å². The number of methoxy groups -OCH3 is 1. The second-order valence-electron chi connectivity index (χ2n) is 5.77. The number of phenolic OH excluding ortho intramolecular Hbond substituents is 1. The number of hydrogen-bond donors (Lipinski definition) is 3. The van der Waals surface area contributed by atoms with Crippen LogP contribution in [0.2, 0.25) is 0 Å². The van der Waals surface area contributed by atoms with E-state index in [0.29, 0.717) is 17.0 Å². The molecule has 2 amide bonds. The maximum Gasteiger partial charge on any atom is 0.263 e. The zero-order valence-corrected chi connectivity index (χ0v) is 14.8. The molecule has 0 bridgehead atoms. The number of hydroxylamine groups is 1. The van der Waals surface area contributed by atoms with Crippen LogP contribution in [0.25, 0.3) is 0 Å². The minimum absolute atomic E-state index is 0.0837. The standard InChI is InChI=1S/C18H18N2O5S/c1-25-13-5-2-11(3-6-13)8-16-18(23)20(10-17(22)19-24)14-7-4-12(21)9-15(14)26-16/h2-7,9,16,21,24H,8,10H2,1H3,(H,19,22). The maximum atomic E-state index is 12.9. The number of phenols is 1. The molecule has 1 aliphatic heterocycles. The third kappa shape index (κ3) is 3.76. The third-order valence-corrected chi connectivity index (χ3v) is 5.29. The smallest absolute Gasteiger partial charge is 0.263 e. The summed E-state index contributed by atoms with van der Waals surface area (Å²) in [4.78, 5) is 26.5. The van der Waals surface area contributed by atoms with E-state index in [0.717, 1.165) is 11.3 Å². The lowest BCUT2D eigenvalue weighted by atomic mass is 10.1. The summed E-state index contributed by atoms with van der Waals surface area (Å²) in [5.41, 5.74) is 3.03. The van der Waals surface area contributed by atoms with Crippen LogP contribution in [-0.2, 0) is 16.0 Å². The van der Waals surface area contributed by atoms with Gasteiger partial charge in [0.1, 0.15) is 18.0 Å². The van der Waals surface area contributed by atoms with Crippen molar-refractivity contribution in [3.63, 3.8) is 0 Å². The van der Waals surface area contributed by atoms with Crippen molar-refractivity contribution in [2.24, 2.45) is 0 Å². The van der Waals surface area contributed by atoms with Gasteiger partial charge in [0.2, 0.25) is 5.91 Å². The number of carbonyl (C=O) groups is 2. The van der Waals surface area contributed by atoms with Crippen LogP contribution in [-0.4, -0.2) is 41.0 Å². The van der Waals surface area contributed by atoms with E-state index in [-0.39, 0.29) is 18.2 Å². The molecule has 1 unspecified atom stereocenters. The van der Waals surface area contributed by atoms with Gasteiger partial charge in [-0.1, -0.05) is 12.1 Å². The van der Waals surface area contributed by atoms with Crippen LogP contribution >= 0.6 is 11.8 Å². The van der Waals surface area contributed by atoms with Gasteiger partial charge in [-0.05, 0) is 42.3 Å². The number of thioether (sulfide) groups is 1. The molecule has 1 aliphatic rings. The zero-order valence-electron chi connectivity index (χ0n) is 14.0. The van der Waals surface area contributed by atoms with Gasteiger partial charge in [-0.2, -0.15) is 0 Å². The number of ether oxygens (including phenoxy) is 1. The van der Waals surface area contributed by atoms with E-state index in [1.165, 1.54) is 22.7 Å². The molecule has 0 fully saturated rings. The lowest BCUT2D eigenvalue weighted by Crippen LogP contribution is -2.46. The molecular weight excluding hydrogens is 356 g/mol. The molecule has 3 N–H and O–H groups in total. The lowest BCUT2D eigenvalue weighted by Gasteiger charge is -2.33. The number of nitrogens with zero attached hydrogens (tertiary/aromatic N) is 1. The molecule has 8 heteroatoms. The summed E-state index contributed by atoms with van der Waals surface area (Å²) in [5, 5.41) is 18.1. The van der Waals surface area contributed by atoms with E-state index < -0.39 is 11.2 Å². The molecule has 0 aromatic heterocycles. The van der Waals surface area contributed by atoms with Gasteiger partial charge >= 0.3 is 0 Å². The Morgan fingerprint density at radius 1 is 1.27 bits per heavy atom. The largest absolute Gasteiger partial charge is 0.508 e. The predicted molar refractivity (Wildman–Crippen MR) is 96.7 cm³/mol. The molecule has 0 spiro atoms. The Labute approximate surface area is 154 Å². The Kier molecular flexibility index (Phi) is 5.34. The predicted octanol–water partition coefficient (Wildman–Crippen LogP) is 1.96. The first-order chi connectivity index (χ1) is 12.5. The third-order valence-electron chi connectivity index (χ3n) is 4.05. The Morgan fingerprint density at radius 3 is 2.65 bits per heavy atom. The van der Waals surface area contributed by atoms with Crippen molar-refractivity contribution in [1.29, 1.82) is 0 Å². The van der Waals surface area contributed by atoms with Crippen LogP contribution in [0.3, 0.4) is 0 Å². The summed E-state index contributed by atoms with van der Waals surface area (Å²) >= 11 is 1.35. The number of aromatic hydroxyl groups is 1. The van der Waals surface area contributed by atoms with E-state index in [1.54, 1.807) is 24.7 Å². The minimum Gasteiger partial charge on any atom is -0.508 e. The molecule has 0 aliphatic carbocycles. The topological polar surface area (TPSA) is 99.1 Å². The molecule has 0 radical (unpaired) electrons. The molecule has 3 rings (SSSR count). The van der Waals surface area contributed by atoms with Gasteiger partial charge in [-0.25, -0.2) is 5.48 Å². The van der Waals surface area contributed by atoms with Crippen molar-refractivity contribution in [3.8, 4) is 11.5 Å². The highest BCUT2D eigenvalue weighted by atomic mass is 32.2. The van der Waals surface area contributed by atoms with Crippen molar-refractivity contribution in [2.45, 2.75) is 16.6 Å². The summed E-state index contributed by atoms with van der Waals surface area (Å²) in [6.07, 6.45) is 0.458. The van der Waals surface area contributed by atoms with Gasteiger partial charge in [0.05, 0.1) is 18.0 Å². The number of carbonyl (C=O) groups excluding carboxylic acids is 2. The van der Waals surface area contributed by atoms with E-state index in [9.17, 15) is 14.7 Å². The van der Waals surface area contributed by atoms with E-state index in [2.05, 4.69) is 0 Å². The fourth-order valence-electron chi connectivity index (χ4n) is 2.76. The zero-order chi connectivity index (χ0) is 18.7.